The van der Waals surface area contributed by atoms with E-state index in [4.69, 9.17) is 9.52 Å². The first-order chi connectivity index (χ1) is 11.7. The third-order valence-corrected chi connectivity index (χ3v) is 3.84. The lowest BCUT2D eigenvalue weighted by molar-refractivity contribution is 0.0660. The predicted molar refractivity (Wildman–Crippen MR) is 87.7 cm³/mol. The van der Waals surface area contributed by atoms with Gasteiger partial charge in [0, 0.05) is 5.56 Å². The summed E-state index contributed by atoms with van der Waals surface area (Å²) >= 11 is 0. The second-order valence-corrected chi connectivity index (χ2v) is 5.41. The fourth-order valence-electron chi connectivity index (χ4n) is 2.67. The summed E-state index contributed by atoms with van der Waals surface area (Å²) in [4.78, 5) is 10.9. The Morgan fingerprint density at radius 2 is 1.92 bits per heavy atom. The highest BCUT2D eigenvalue weighted by Crippen LogP contribution is 2.24. The summed E-state index contributed by atoms with van der Waals surface area (Å²) in [5, 5.41) is 19.3. The van der Waals surface area contributed by atoms with Gasteiger partial charge in [-0.15, -0.1) is 5.10 Å². The van der Waals surface area contributed by atoms with Gasteiger partial charge >= 0.3 is 5.97 Å². The zero-order valence-corrected chi connectivity index (χ0v) is 12.6. The minimum atomic E-state index is -1.09. The third-order valence-electron chi connectivity index (χ3n) is 3.84. The van der Waals surface area contributed by atoms with Gasteiger partial charge in [-0.05, 0) is 29.0 Å². The van der Waals surface area contributed by atoms with E-state index in [1.807, 2.05) is 18.2 Å². The van der Waals surface area contributed by atoms with Crippen LogP contribution in [-0.4, -0.2) is 26.1 Å². The van der Waals surface area contributed by atoms with Gasteiger partial charge in [0.2, 0.25) is 5.76 Å². The molecule has 6 nitrogen and oxygen atoms in total. The highest BCUT2D eigenvalue weighted by molar-refractivity contribution is 5.86. The van der Waals surface area contributed by atoms with E-state index >= 15 is 0 Å². The molecule has 0 atom stereocenters. The molecule has 0 unspecified atom stereocenters. The fraction of sp³-hybridized carbons (Fsp3) is 0.0556. The van der Waals surface area contributed by atoms with Crippen molar-refractivity contribution >= 4 is 16.7 Å². The number of aromatic carboxylic acids is 1. The summed E-state index contributed by atoms with van der Waals surface area (Å²) in [7, 11) is 0. The Kier molecular flexibility index (Phi) is 3.35. The first kappa shape index (κ1) is 14.2. The van der Waals surface area contributed by atoms with Crippen molar-refractivity contribution in [3.8, 4) is 11.3 Å². The monoisotopic (exact) mass is 319 g/mol. The number of carboxylic acid groups (broad SMARTS) is 1. The van der Waals surface area contributed by atoms with Gasteiger partial charge in [-0.1, -0.05) is 41.6 Å². The van der Waals surface area contributed by atoms with E-state index in [-0.39, 0.29) is 5.76 Å². The molecular formula is C18H13N3O3. The fourth-order valence-corrected chi connectivity index (χ4v) is 2.67. The molecule has 0 saturated heterocycles. The Morgan fingerprint density at radius 3 is 2.71 bits per heavy atom. The van der Waals surface area contributed by atoms with Crippen LogP contribution >= 0.6 is 0 Å². The molecule has 0 aliphatic rings. The van der Waals surface area contributed by atoms with Crippen LogP contribution in [0.2, 0.25) is 0 Å². The second kappa shape index (κ2) is 5.66. The summed E-state index contributed by atoms with van der Waals surface area (Å²) in [5.41, 5.74) is 1.83. The molecule has 0 saturated carbocycles. The number of furan rings is 1. The van der Waals surface area contributed by atoms with Crippen molar-refractivity contribution < 1.29 is 14.3 Å². The first-order valence-electron chi connectivity index (χ1n) is 7.40. The molecule has 2 aromatic heterocycles. The van der Waals surface area contributed by atoms with Crippen LogP contribution < -0.4 is 0 Å². The lowest BCUT2D eigenvalue weighted by Gasteiger charge is -2.06. The highest BCUT2D eigenvalue weighted by Gasteiger charge is 2.12. The van der Waals surface area contributed by atoms with Crippen molar-refractivity contribution in [2.75, 3.05) is 0 Å². The molecule has 24 heavy (non-hydrogen) atoms. The van der Waals surface area contributed by atoms with E-state index in [1.54, 1.807) is 16.9 Å². The predicted octanol–water partition coefficient (Wildman–Crippen LogP) is 3.44. The number of nitrogens with zero attached hydrogens (tertiary/aromatic N) is 3. The number of carbonyl (C=O) groups is 1. The lowest BCUT2D eigenvalue weighted by Crippen LogP contribution is -2.03. The van der Waals surface area contributed by atoms with Crippen molar-refractivity contribution in [3.05, 3.63) is 72.3 Å². The molecule has 0 spiro atoms. The third kappa shape index (κ3) is 2.54. The molecule has 4 aromatic rings. The molecular weight excluding hydrogens is 306 g/mol. The molecule has 0 fully saturated rings. The van der Waals surface area contributed by atoms with Gasteiger partial charge < -0.3 is 9.52 Å². The van der Waals surface area contributed by atoms with Gasteiger partial charge in [-0.25, -0.2) is 9.48 Å². The molecule has 0 radical (unpaired) electrons. The van der Waals surface area contributed by atoms with Crippen LogP contribution in [0.25, 0.3) is 22.0 Å². The average molecular weight is 319 g/mol. The van der Waals surface area contributed by atoms with E-state index in [2.05, 4.69) is 34.6 Å². The maximum Gasteiger partial charge on any atom is 0.371 e. The van der Waals surface area contributed by atoms with Gasteiger partial charge in [0.15, 0.2) is 0 Å². The molecule has 2 aromatic carbocycles. The zero-order valence-electron chi connectivity index (χ0n) is 12.6. The Morgan fingerprint density at radius 1 is 1.08 bits per heavy atom. The summed E-state index contributed by atoms with van der Waals surface area (Å²) < 4.78 is 6.98. The summed E-state index contributed by atoms with van der Waals surface area (Å²) in [6, 6.07) is 17.3. The summed E-state index contributed by atoms with van der Waals surface area (Å²) in [6.07, 6.45) is 1.69. The van der Waals surface area contributed by atoms with Crippen LogP contribution in [0, 0.1) is 0 Å². The summed E-state index contributed by atoms with van der Waals surface area (Å²) in [6.45, 7) is 0.315. The molecule has 6 heteroatoms. The Labute approximate surface area is 137 Å². The Hall–Kier alpha value is -3.41. The quantitative estimate of drug-likeness (QED) is 0.623. The van der Waals surface area contributed by atoms with Crippen molar-refractivity contribution in [1.82, 2.24) is 15.0 Å². The van der Waals surface area contributed by atoms with Gasteiger partial charge in [-0.3, -0.25) is 0 Å². The number of hydrogen-bond acceptors (Lipinski definition) is 4. The van der Waals surface area contributed by atoms with Gasteiger partial charge in [-0.2, -0.15) is 0 Å². The Bertz CT molecular complexity index is 1030. The van der Waals surface area contributed by atoms with Crippen molar-refractivity contribution in [2.24, 2.45) is 0 Å². The van der Waals surface area contributed by atoms with Gasteiger partial charge in [0.25, 0.3) is 0 Å². The van der Waals surface area contributed by atoms with E-state index in [0.717, 1.165) is 22.0 Å². The highest BCUT2D eigenvalue weighted by atomic mass is 16.4. The van der Waals surface area contributed by atoms with Crippen LogP contribution in [0.5, 0.6) is 0 Å². The molecule has 1 N–H and O–H groups in total. The van der Waals surface area contributed by atoms with Crippen molar-refractivity contribution in [3.63, 3.8) is 0 Å². The average Bonchev–Trinajstić information content (AvgIpc) is 3.24. The van der Waals surface area contributed by atoms with E-state index < -0.39 is 5.97 Å². The zero-order chi connectivity index (χ0) is 16.5. The SMILES string of the molecule is O=C(O)c1ccc(Cn2nncc2-c2ccc3ccccc3c2)o1. The van der Waals surface area contributed by atoms with Crippen LogP contribution in [0.1, 0.15) is 16.3 Å². The Balaban J connectivity index is 1.69. The standard InChI is InChI=1S/C18H13N3O3/c22-18(23)17-8-7-15(24-17)11-21-16(10-19-20-21)14-6-5-12-3-1-2-4-13(12)9-14/h1-10H,11H2,(H,22,23). The topological polar surface area (TPSA) is 81.1 Å². The lowest BCUT2D eigenvalue weighted by atomic mass is 10.1. The number of carboxylic acids is 1. The largest absolute Gasteiger partial charge is 0.475 e. The molecule has 0 bridgehead atoms. The maximum absolute atomic E-state index is 10.9. The van der Waals surface area contributed by atoms with Crippen molar-refractivity contribution in [1.29, 1.82) is 0 Å². The van der Waals surface area contributed by atoms with Crippen LogP contribution in [-0.2, 0) is 6.54 Å². The number of rotatable bonds is 4. The number of aromatic nitrogens is 3. The van der Waals surface area contributed by atoms with Gasteiger partial charge in [0.05, 0.1) is 11.9 Å². The van der Waals surface area contributed by atoms with E-state index in [0.29, 0.717) is 12.3 Å². The molecule has 0 amide bonds. The number of fused-ring (bicyclic) bond motifs is 1. The van der Waals surface area contributed by atoms with E-state index in [9.17, 15) is 4.79 Å². The molecule has 0 aliphatic carbocycles. The molecule has 4 rings (SSSR count). The van der Waals surface area contributed by atoms with E-state index in [1.165, 1.54) is 6.07 Å². The van der Waals surface area contributed by atoms with Crippen LogP contribution in [0.4, 0.5) is 0 Å². The van der Waals surface area contributed by atoms with Crippen LogP contribution in [0.15, 0.2) is 65.2 Å². The minimum absolute atomic E-state index is 0.0858. The smallest absolute Gasteiger partial charge is 0.371 e. The molecule has 0 aliphatic heterocycles. The van der Waals surface area contributed by atoms with Crippen molar-refractivity contribution in [2.45, 2.75) is 6.54 Å². The molecule has 118 valence electrons. The number of hydrogen-bond donors (Lipinski definition) is 1. The summed E-state index contributed by atoms with van der Waals surface area (Å²) in [5.74, 6) is -0.660. The second-order valence-electron chi connectivity index (χ2n) is 5.41. The minimum Gasteiger partial charge on any atom is -0.475 e. The first-order valence-corrected chi connectivity index (χ1v) is 7.40. The number of benzene rings is 2. The normalized spacial score (nSPS) is 11.0. The van der Waals surface area contributed by atoms with Gasteiger partial charge in [0.1, 0.15) is 12.3 Å². The van der Waals surface area contributed by atoms with Crippen LogP contribution in [0.3, 0.4) is 0 Å². The molecule has 2 heterocycles. The maximum atomic E-state index is 10.9.